The normalized spacial score (nSPS) is 12.6. The molecule has 101 heavy (non-hydrogen) atoms. The van der Waals surface area contributed by atoms with Crippen LogP contribution in [0.25, 0.3) is 115 Å². The van der Waals surface area contributed by atoms with Crippen molar-refractivity contribution in [2.75, 3.05) is 9.80 Å². The number of rotatable bonds is 9. The monoisotopic (exact) mass is 1290 g/mol. The van der Waals surface area contributed by atoms with Crippen molar-refractivity contribution in [2.24, 2.45) is 0 Å². The molecule has 2 aliphatic rings. The quantitative estimate of drug-likeness (QED) is 0.107. The summed E-state index contributed by atoms with van der Waals surface area (Å²) in [5.41, 5.74) is 30.8. The maximum Gasteiger partial charge on any atom is 0.252 e. The number of para-hydroxylation sites is 4. The van der Waals surface area contributed by atoms with Crippen molar-refractivity contribution >= 4 is 107 Å². The van der Waals surface area contributed by atoms with Gasteiger partial charge in [0.15, 0.2) is 5.69 Å². The Morgan fingerprint density at radius 3 is 1.13 bits per heavy atom. The molecule has 0 radical (unpaired) electrons. The minimum absolute atomic E-state index is 0.139. The van der Waals surface area contributed by atoms with Crippen LogP contribution in [-0.4, -0.2) is 15.8 Å². The highest BCUT2D eigenvalue weighted by Crippen LogP contribution is 2.52. The average Bonchev–Trinajstić information content (AvgIpc) is 1.03. The zero-order valence-corrected chi connectivity index (χ0v) is 57.2. The minimum atomic E-state index is -0.264. The standard InChI is InChI=1S/C94H69BN6/c1-93(2,3)69-25-19-23-66(51-69)78-53-64(62-37-35-60(59-96)36-38-62)41-49-86(78)100-88-57-72(98-82-31-15-11-27-74(82)75-28-12-16-32-83(75)98)45-47-80(88)95-81-48-46-73(99-84-33-17-13-29-76(84)77-30-14-18-34-85(77)99)58-89(81)101(91-56-68(55-90(100)92(91)95)61-21-9-8-10-22-61)87-50-42-65(63-39-43-71(97-7)44-40-63)54-79(87)67-24-20-26-70(52-67)94(4,5)6/h8-58H,1-6H3. The summed E-state index contributed by atoms with van der Waals surface area (Å²) >= 11 is 0. The van der Waals surface area contributed by atoms with E-state index in [4.69, 9.17) is 6.57 Å². The third-order valence-corrected chi connectivity index (χ3v) is 21.1. The van der Waals surface area contributed by atoms with Gasteiger partial charge in [-0.1, -0.05) is 254 Å². The predicted molar refractivity (Wildman–Crippen MR) is 425 cm³/mol. The second kappa shape index (κ2) is 23.5. The second-order valence-corrected chi connectivity index (χ2v) is 29.1. The summed E-state index contributed by atoms with van der Waals surface area (Å²) in [6.45, 7) is 21.4. The Kier molecular flexibility index (Phi) is 14.1. The van der Waals surface area contributed by atoms with Gasteiger partial charge >= 0.3 is 0 Å². The lowest BCUT2D eigenvalue weighted by Crippen LogP contribution is -2.61. The number of benzene rings is 14. The van der Waals surface area contributed by atoms with Crippen LogP contribution < -0.4 is 26.2 Å². The van der Waals surface area contributed by atoms with Crippen LogP contribution in [0, 0.1) is 17.9 Å². The zero-order chi connectivity index (χ0) is 68.4. The van der Waals surface area contributed by atoms with Crippen molar-refractivity contribution < 1.29 is 0 Å². The molecule has 0 spiro atoms. The first kappa shape index (κ1) is 60.7. The molecule has 2 aliphatic heterocycles. The van der Waals surface area contributed by atoms with Gasteiger partial charge in [0.1, 0.15) is 0 Å². The van der Waals surface area contributed by atoms with Crippen molar-refractivity contribution in [1.29, 1.82) is 5.26 Å². The Balaban J connectivity index is 0.988. The number of nitriles is 1. The summed E-state index contributed by atoms with van der Waals surface area (Å²) in [5, 5.41) is 14.8. The summed E-state index contributed by atoms with van der Waals surface area (Å²) in [4.78, 5) is 9.01. The molecule has 6 nitrogen and oxygen atoms in total. The van der Waals surface area contributed by atoms with Crippen LogP contribution in [0.4, 0.5) is 39.8 Å². The lowest BCUT2D eigenvalue weighted by atomic mass is 9.33. The first-order valence-electron chi connectivity index (χ1n) is 34.8. The van der Waals surface area contributed by atoms with E-state index in [1.54, 1.807) is 0 Å². The van der Waals surface area contributed by atoms with Gasteiger partial charge in [0.25, 0.3) is 6.71 Å². The predicted octanol–water partition coefficient (Wildman–Crippen LogP) is 23.3. The lowest BCUT2D eigenvalue weighted by molar-refractivity contribution is 0.590. The van der Waals surface area contributed by atoms with Gasteiger partial charge in [-0.2, -0.15) is 5.26 Å². The van der Waals surface area contributed by atoms with E-state index in [-0.39, 0.29) is 17.5 Å². The molecule has 7 heteroatoms. The van der Waals surface area contributed by atoms with Gasteiger partial charge in [-0.15, -0.1) is 0 Å². The summed E-state index contributed by atoms with van der Waals surface area (Å²) in [6, 6.07) is 116. The Morgan fingerprint density at radius 1 is 0.327 bits per heavy atom. The molecule has 0 fully saturated rings. The fourth-order valence-electron chi connectivity index (χ4n) is 16.0. The van der Waals surface area contributed by atoms with Gasteiger partial charge in [-0.3, -0.25) is 0 Å². The van der Waals surface area contributed by atoms with E-state index in [0.717, 1.165) is 123 Å². The zero-order valence-electron chi connectivity index (χ0n) is 57.2. The molecular weight excluding hydrogens is 1220 g/mol. The molecule has 14 aromatic carbocycles. The molecule has 0 amide bonds. The minimum Gasteiger partial charge on any atom is -0.311 e. The summed E-state index contributed by atoms with van der Waals surface area (Å²) in [6.07, 6.45) is 0. The van der Waals surface area contributed by atoms with Crippen LogP contribution in [0.1, 0.15) is 58.2 Å². The Labute approximate surface area is 590 Å². The highest BCUT2D eigenvalue weighted by molar-refractivity contribution is 7.00. The van der Waals surface area contributed by atoms with Gasteiger partial charge in [-0.05, 0) is 180 Å². The molecule has 0 unspecified atom stereocenters. The first-order valence-corrected chi connectivity index (χ1v) is 34.8. The van der Waals surface area contributed by atoms with Crippen molar-refractivity contribution in [3.8, 4) is 73.1 Å². The van der Waals surface area contributed by atoms with E-state index < -0.39 is 0 Å². The van der Waals surface area contributed by atoms with E-state index in [9.17, 15) is 5.26 Å². The van der Waals surface area contributed by atoms with Crippen molar-refractivity contribution in [1.82, 2.24) is 9.13 Å². The number of hydrogen-bond donors (Lipinski definition) is 0. The van der Waals surface area contributed by atoms with E-state index in [0.29, 0.717) is 11.3 Å². The maximum atomic E-state index is 10.0. The highest BCUT2D eigenvalue weighted by Gasteiger charge is 2.45. The molecule has 2 aromatic heterocycles. The van der Waals surface area contributed by atoms with Crippen molar-refractivity contribution in [3.05, 3.63) is 337 Å². The molecular formula is C94H69BN6. The van der Waals surface area contributed by atoms with Crippen molar-refractivity contribution in [2.45, 2.75) is 52.4 Å². The smallest absolute Gasteiger partial charge is 0.252 e. The van der Waals surface area contributed by atoms with E-state index in [2.05, 4.69) is 357 Å². The molecule has 0 atom stereocenters. The number of fused-ring (bicyclic) bond motifs is 10. The molecule has 18 rings (SSSR count). The Hall–Kier alpha value is -12.7. The van der Waals surface area contributed by atoms with E-state index in [1.807, 2.05) is 24.3 Å². The molecule has 478 valence electrons. The summed E-state index contributed by atoms with van der Waals surface area (Å²) < 4.78 is 4.92. The largest absolute Gasteiger partial charge is 0.311 e. The van der Waals surface area contributed by atoms with E-state index in [1.165, 1.54) is 49.1 Å². The molecule has 0 aliphatic carbocycles. The van der Waals surface area contributed by atoms with Crippen LogP contribution in [-0.2, 0) is 10.8 Å². The molecule has 0 saturated carbocycles. The van der Waals surface area contributed by atoms with Gasteiger partial charge in [0, 0.05) is 66.8 Å². The van der Waals surface area contributed by atoms with Crippen molar-refractivity contribution in [3.63, 3.8) is 0 Å². The molecule has 0 bridgehead atoms. The van der Waals surface area contributed by atoms with Crippen LogP contribution in [0.15, 0.2) is 309 Å². The fourth-order valence-corrected chi connectivity index (χ4v) is 16.0. The molecule has 0 saturated heterocycles. The maximum absolute atomic E-state index is 10.0. The topological polar surface area (TPSA) is 44.5 Å². The summed E-state index contributed by atoms with van der Waals surface area (Å²) in [7, 11) is 0. The third-order valence-electron chi connectivity index (χ3n) is 21.1. The van der Waals surface area contributed by atoms with Crippen LogP contribution >= 0.6 is 0 Å². The highest BCUT2D eigenvalue weighted by atomic mass is 15.2. The SMILES string of the molecule is [C-]#[N+]c1ccc(-c2ccc(N3c4cc(-n5c6ccccc6c6ccccc65)ccc4B4c5ccc(-n6c7ccccc7c7ccccc76)cc5N(c5ccc(-c6ccc(C#N)cc6)cc5-c5cccc(C(C)(C)C)c5)c5cc(-c6ccccc6)cc3c54)c(-c3cccc(C(C)(C)C)c3)c2)cc1. The second-order valence-electron chi connectivity index (χ2n) is 29.1. The van der Waals surface area contributed by atoms with E-state index >= 15 is 0 Å². The van der Waals surface area contributed by atoms with Gasteiger partial charge in [-0.25, -0.2) is 4.85 Å². The average molecular weight is 1290 g/mol. The number of aromatic nitrogens is 2. The summed E-state index contributed by atoms with van der Waals surface area (Å²) in [5.74, 6) is 0. The van der Waals surface area contributed by atoms with Gasteiger partial charge in [0.05, 0.1) is 51.6 Å². The first-order chi connectivity index (χ1) is 49.3. The number of hydrogen-bond acceptors (Lipinski definition) is 3. The number of anilines is 6. The molecule has 4 heterocycles. The number of nitrogens with zero attached hydrogens (tertiary/aromatic N) is 6. The fraction of sp³-hybridized carbons (Fsp3) is 0.0851. The van der Waals surface area contributed by atoms with Gasteiger partial charge < -0.3 is 18.9 Å². The molecule has 16 aromatic rings. The lowest BCUT2D eigenvalue weighted by Gasteiger charge is -2.45. The molecule has 0 N–H and O–H groups in total. The van der Waals surface area contributed by atoms with Crippen LogP contribution in [0.5, 0.6) is 0 Å². The Morgan fingerprint density at radius 2 is 0.713 bits per heavy atom. The Bertz CT molecular complexity index is 5680. The van der Waals surface area contributed by atoms with Gasteiger partial charge in [0.2, 0.25) is 0 Å². The van der Waals surface area contributed by atoms with Crippen LogP contribution in [0.2, 0.25) is 0 Å². The third kappa shape index (κ3) is 10.1. The van der Waals surface area contributed by atoms with Crippen LogP contribution in [0.3, 0.4) is 0 Å².